The highest BCUT2D eigenvalue weighted by Gasteiger charge is 2.24. The Kier molecular flexibility index (Phi) is 4.33. The monoisotopic (exact) mass is 275 g/mol. The Morgan fingerprint density at radius 2 is 1.90 bits per heavy atom. The first-order chi connectivity index (χ1) is 9.88. The van der Waals surface area contributed by atoms with Gasteiger partial charge in [-0.05, 0) is 44.9 Å². The Bertz CT molecular complexity index is 430. The summed E-state index contributed by atoms with van der Waals surface area (Å²) < 4.78 is 0. The van der Waals surface area contributed by atoms with E-state index in [1.54, 1.807) is 0 Å². The van der Waals surface area contributed by atoms with Gasteiger partial charge in [-0.2, -0.15) is 10.1 Å². The van der Waals surface area contributed by atoms with Crippen LogP contribution in [-0.2, 0) is 0 Å². The first kappa shape index (κ1) is 13.6. The lowest BCUT2D eigenvalue weighted by molar-refractivity contribution is 0.441. The van der Waals surface area contributed by atoms with Crippen LogP contribution in [0.3, 0.4) is 0 Å². The van der Waals surface area contributed by atoms with Crippen molar-refractivity contribution >= 4 is 11.8 Å². The fourth-order valence-corrected chi connectivity index (χ4v) is 3.37. The molecule has 1 atom stereocenters. The van der Waals surface area contributed by atoms with Gasteiger partial charge in [-0.3, -0.25) is 0 Å². The quantitative estimate of drug-likeness (QED) is 0.848. The number of rotatable bonds is 3. The van der Waals surface area contributed by atoms with Gasteiger partial charge in [-0.1, -0.05) is 6.92 Å². The molecule has 0 saturated carbocycles. The van der Waals surface area contributed by atoms with Gasteiger partial charge in [0.25, 0.3) is 0 Å². The molecular weight excluding hydrogens is 250 g/mol. The Hall–Kier alpha value is -1.39. The Balaban J connectivity index is 1.79. The lowest BCUT2D eigenvalue weighted by atomic mass is 10.0. The molecule has 5 heteroatoms. The molecule has 2 fully saturated rings. The van der Waals surface area contributed by atoms with Crippen molar-refractivity contribution in [2.45, 2.75) is 57.9 Å². The minimum atomic E-state index is 0.585. The van der Waals surface area contributed by atoms with Gasteiger partial charge in [0.05, 0.1) is 6.20 Å². The fourth-order valence-electron chi connectivity index (χ4n) is 3.37. The highest BCUT2D eigenvalue weighted by atomic mass is 15.4. The Morgan fingerprint density at radius 3 is 2.70 bits per heavy atom. The molecule has 1 aromatic heterocycles. The van der Waals surface area contributed by atoms with Crippen LogP contribution < -0.4 is 9.80 Å². The number of anilines is 2. The fraction of sp³-hybridized carbons (Fsp3) is 0.800. The molecule has 0 amide bonds. The van der Waals surface area contributed by atoms with E-state index < -0.39 is 0 Å². The van der Waals surface area contributed by atoms with E-state index in [1.807, 2.05) is 6.20 Å². The summed E-state index contributed by atoms with van der Waals surface area (Å²) in [4.78, 5) is 9.52. The molecule has 2 aliphatic rings. The third-order valence-electron chi connectivity index (χ3n) is 4.57. The second-order valence-electron chi connectivity index (χ2n) is 5.91. The first-order valence-electron chi connectivity index (χ1n) is 8.10. The highest BCUT2D eigenvalue weighted by molar-refractivity contribution is 5.42. The summed E-state index contributed by atoms with van der Waals surface area (Å²) in [5.74, 6) is 1.84. The van der Waals surface area contributed by atoms with Crippen LogP contribution in [0.15, 0.2) is 6.20 Å². The van der Waals surface area contributed by atoms with Crippen molar-refractivity contribution in [2.75, 3.05) is 29.4 Å². The maximum absolute atomic E-state index is 4.80. The molecule has 1 unspecified atom stereocenters. The molecule has 0 N–H and O–H groups in total. The predicted molar refractivity (Wildman–Crippen MR) is 81.2 cm³/mol. The van der Waals surface area contributed by atoms with Gasteiger partial charge >= 0.3 is 0 Å². The van der Waals surface area contributed by atoms with Crippen molar-refractivity contribution in [1.82, 2.24) is 15.2 Å². The van der Waals surface area contributed by atoms with Crippen molar-refractivity contribution in [3.05, 3.63) is 6.20 Å². The standard InChI is InChI=1S/C15H25N5/c1-2-13-8-4-7-11-20(13)15-17-14(12-16-18-15)19-9-5-3-6-10-19/h12-13H,2-11H2,1H3. The summed E-state index contributed by atoms with van der Waals surface area (Å²) in [7, 11) is 0. The molecule has 0 spiro atoms. The molecule has 20 heavy (non-hydrogen) atoms. The summed E-state index contributed by atoms with van der Waals surface area (Å²) in [6.45, 7) is 5.54. The molecular formula is C15H25N5. The molecule has 2 aliphatic heterocycles. The molecule has 0 bridgehead atoms. The summed E-state index contributed by atoms with van der Waals surface area (Å²) in [6, 6.07) is 0.585. The second kappa shape index (κ2) is 6.37. The van der Waals surface area contributed by atoms with Crippen LogP contribution in [0.5, 0.6) is 0 Å². The van der Waals surface area contributed by atoms with Crippen LogP contribution >= 0.6 is 0 Å². The normalized spacial score (nSPS) is 23.9. The summed E-state index contributed by atoms with van der Waals surface area (Å²) >= 11 is 0. The lowest BCUT2D eigenvalue weighted by Gasteiger charge is -2.35. The highest BCUT2D eigenvalue weighted by Crippen LogP contribution is 2.25. The summed E-state index contributed by atoms with van der Waals surface area (Å²) in [6.07, 6.45) is 10.7. The van der Waals surface area contributed by atoms with Crippen LogP contribution in [0, 0.1) is 0 Å². The molecule has 110 valence electrons. The van der Waals surface area contributed by atoms with Crippen LogP contribution in [0.2, 0.25) is 0 Å². The molecule has 5 nitrogen and oxygen atoms in total. The minimum Gasteiger partial charge on any atom is -0.355 e. The second-order valence-corrected chi connectivity index (χ2v) is 5.91. The Labute approximate surface area is 121 Å². The average Bonchev–Trinajstić information content (AvgIpc) is 2.56. The maximum Gasteiger partial charge on any atom is 0.247 e. The zero-order valence-electron chi connectivity index (χ0n) is 12.5. The largest absolute Gasteiger partial charge is 0.355 e. The van der Waals surface area contributed by atoms with E-state index in [2.05, 4.69) is 26.9 Å². The number of hydrogen-bond donors (Lipinski definition) is 0. The molecule has 3 rings (SSSR count). The van der Waals surface area contributed by atoms with Crippen molar-refractivity contribution in [3.8, 4) is 0 Å². The molecule has 1 aromatic rings. The van der Waals surface area contributed by atoms with Gasteiger partial charge in [-0.15, -0.1) is 5.10 Å². The van der Waals surface area contributed by atoms with Gasteiger partial charge < -0.3 is 9.80 Å². The average molecular weight is 275 g/mol. The van der Waals surface area contributed by atoms with E-state index in [0.717, 1.165) is 37.8 Å². The van der Waals surface area contributed by atoms with Gasteiger partial charge in [-0.25, -0.2) is 0 Å². The van der Waals surface area contributed by atoms with E-state index in [4.69, 9.17) is 4.98 Å². The number of nitrogens with zero attached hydrogens (tertiary/aromatic N) is 5. The van der Waals surface area contributed by atoms with E-state index in [0.29, 0.717) is 6.04 Å². The number of aromatic nitrogens is 3. The van der Waals surface area contributed by atoms with E-state index in [1.165, 1.54) is 38.5 Å². The molecule has 0 aliphatic carbocycles. The predicted octanol–water partition coefficient (Wildman–Crippen LogP) is 2.63. The van der Waals surface area contributed by atoms with Gasteiger partial charge in [0.1, 0.15) is 0 Å². The molecule has 3 heterocycles. The number of piperidine rings is 2. The van der Waals surface area contributed by atoms with Crippen molar-refractivity contribution in [2.24, 2.45) is 0 Å². The lowest BCUT2D eigenvalue weighted by Crippen LogP contribution is -2.40. The van der Waals surface area contributed by atoms with E-state index >= 15 is 0 Å². The van der Waals surface area contributed by atoms with Crippen molar-refractivity contribution in [3.63, 3.8) is 0 Å². The topological polar surface area (TPSA) is 45.2 Å². The van der Waals surface area contributed by atoms with Crippen LogP contribution in [-0.4, -0.2) is 40.9 Å². The zero-order valence-corrected chi connectivity index (χ0v) is 12.5. The van der Waals surface area contributed by atoms with Gasteiger partial charge in [0, 0.05) is 25.7 Å². The van der Waals surface area contributed by atoms with Crippen molar-refractivity contribution in [1.29, 1.82) is 0 Å². The summed E-state index contributed by atoms with van der Waals surface area (Å²) in [5.41, 5.74) is 0. The van der Waals surface area contributed by atoms with Crippen molar-refractivity contribution < 1.29 is 0 Å². The maximum atomic E-state index is 4.80. The Morgan fingerprint density at radius 1 is 1.10 bits per heavy atom. The molecule has 0 aromatic carbocycles. The van der Waals surface area contributed by atoms with Gasteiger partial charge in [0.2, 0.25) is 5.95 Å². The molecule has 2 saturated heterocycles. The van der Waals surface area contributed by atoms with E-state index in [9.17, 15) is 0 Å². The number of hydrogen-bond acceptors (Lipinski definition) is 5. The van der Waals surface area contributed by atoms with Gasteiger partial charge in [0.15, 0.2) is 5.82 Å². The first-order valence-corrected chi connectivity index (χ1v) is 8.10. The minimum absolute atomic E-state index is 0.585. The van der Waals surface area contributed by atoms with Crippen LogP contribution in [0.1, 0.15) is 51.9 Å². The van der Waals surface area contributed by atoms with Crippen LogP contribution in [0.4, 0.5) is 11.8 Å². The SMILES string of the molecule is CCC1CCCCN1c1nncc(N2CCCCC2)n1. The summed E-state index contributed by atoms with van der Waals surface area (Å²) in [5, 5.41) is 8.50. The zero-order chi connectivity index (χ0) is 13.8. The third kappa shape index (κ3) is 2.86. The third-order valence-corrected chi connectivity index (χ3v) is 4.57. The van der Waals surface area contributed by atoms with Crippen LogP contribution in [0.25, 0.3) is 0 Å². The smallest absolute Gasteiger partial charge is 0.247 e. The van der Waals surface area contributed by atoms with E-state index in [-0.39, 0.29) is 0 Å². The molecule has 0 radical (unpaired) electrons.